The second-order valence-electron chi connectivity index (χ2n) is 6.88. The van der Waals surface area contributed by atoms with Gasteiger partial charge in [0.1, 0.15) is 0 Å². The van der Waals surface area contributed by atoms with Crippen molar-refractivity contribution in [1.82, 2.24) is 0 Å². The van der Waals surface area contributed by atoms with Crippen LogP contribution in [0.25, 0.3) is 21.5 Å². The lowest BCUT2D eigenvalue weighted by Gasteiger charge is -2.26. The van der Waals surface area contributed by atoms with E-state index < -0.39 is 0 Å². The van der Waals surface area contributed by atoms with Crippen LogP contribution in [0.4, 0.5) is 0 Å². The van der Waals surface area contributed by atoms with Crippen molar-refractivity contribution in [2.45, 2.75) is 25.2 Å². The van der Waals surface area contributed by atoms with E-state index in [9.17, 15) is 4.79 Å². The van der Waals surface area contributed by atoms with E-state index in [4.69, 9.17) is 4.42 Å². The maximum absolute atomic E-state index is 11.2. The summed E-state index contributed by atoms with van der Waals surface area (Å²) in [6.07, 6.45) is 5.52. The fourth-order valence-corrected chi connectivity index (χ4v) is 4.40. The van der Waals surface area contributed by atoms with Gasteiger partial charge in [-0.1, -0.05) is 48.5 Å². The molecular weight excluding hydrogens is 308 g/mol. The summed E-state index contributed by atoms with van der Waals surface area (Å²) in [7, 11) is 0. The van der Waals surface area contributed by atoms with Crippen molar-refractivity contribution in [3.63, 3.8) is 0 Å². The molecule has 2 nitrogen and oxygen atoms in total. The van der Waals surface area contributed by atoms with Crippen LogP contribution in [0, 0.1) is 0 Å². The summed E-state index contributed by atoms with van der Waals surface area (Å²) < 4.78 is 5.31. The smallest absolute Gasteiger partial charge is 0.185 e. The molecule has 0 amide bonds. The summed E-state index contributed by atoms with van der Waals surface area (Å²) >= 11 is 0. The summed E-state index contributed by atoms with van der Waals surface area (Å²) in [5, 5.41) is 5.32. The molecule has 1 aliphatic rings. The first kappa shape index (κ1) is 14.5. The molecule has 2 heteroatoms. The second-order valence-corrected chi connectivity index (χ2v) is 6.88. The molecule has 122 valence electrons. The average Bonchev–Trinajstić information content (AvgIpc) is 3.16. The van der Waals surface area contributed by atoms with Gasteiger partial charge in [0, 0.05) is 5.56 Å². The Kier molecular flexibility index (Phi) is 3.24. The lowest BCUT2D eigenvalue weighted by molar-refractivity contribution is 0.109. The Hall–Kier alpha value is -2.87. The Balaban J connectivity index is 1.62. The van der Waals surface area contributed by atoms with Gasteiger partial charge in [0.2, 0.25) is 0 Å². The molecule has 0 aliphatic heterocycles. The van der Waals surface area contributed by atoms with E-state index in [0.29, 0.717) is 11.7 Å². The van der Waals surface area contributed by atoms with Crippen molar-refractivity contribution in [3.8, 4) is 0 Å². The Morgan fingerprint density at radius 3 is 2.72 bits per heavy atom. The van der Waals surface area contributed by atoms with E-state index in [1.165, 1.54) is 32.7 Å². The van der Waals surface area contributed by atoms with E-state index in [1.807, 2.05) is 6.07 Å². The maximum Gasteiger partial charge on any atom is 0.185 e. The topological polar surface area (TPSA) is 30.2 Å². The quantitative estimate of drug-likeness (QED) is 0.351. The molecule has 3 aromatic carbocycles. The minimum atomic E-state index is 0.365. The van der Waals surface area contributed by atoms with Gasteiger partial charge in [-0.15, -0.1) is 0 Å². The standard InChI is InChI=1S/C23H18O2/c24-14-23-20(11-12-25-23)17-6-8-19-16(13-17)7-10-21-18-4-2-1-3-15(18)5-9-22(19)21/h1-5,7,9-12,14,17H,6,8,13H2. The first-order valence-electron chi connectivity index (χ1n) is 8.80. The molecule has 0 saturated heterocycles. The minimum Gasteiger partial charge on any atom is -0.461 e. The number of hydrogen-bond acceptors (Lipinski definition) is 2. The Morgan fingerprint density at radius 2 is 1.80 bits per heavy atom. The minimum absolute atomic E-state index is 0.365. The van der Waals surface area contributed by atoms with Crippen LogP contribution in [-0.4, -0.2) is 6.29 Å². The van der Waals surface area contributed by atoms with Crippen LogP contribution >= 0.6 is 0 Å². The highest BCUT2D eigenvalue weighted by atomic mass is 16.3. The van der Waals surface area contributed by atoms with Crippen molar-refractivity contribution in [1.29, 1.82) is 0 Å². The van der Waals surface area contributed by atoms with Gasteiger partial charge in [-0.3, -0.25) is 4.79 Å². The van der Waals surface area contributed by atoms with E-state index in [0.717, 1.165) is 31.1 Å². The number of carbonyl (C=O) groups excluding carboxylic acids is 1. The zero-order valence-electron chi connectivity index (χ0n) is 13.9. The second kappa shape index (κ2) is 5.59. The Morgan fingerprint density at radius 1 is 0.920 bits per heavy atom. The molecular formula is C23H18O2. The third-order valence-electron chi connectivity index (χ3n) is 5.62. The predicted octanol–water partition coefficient (Wildman–Crippen LogP) is 5.67. The normalized spacial score (nSPS) is 16.9. The van der Waals surface area contributed by atoms with Gasteiger partial charge in [0.25, 0.3) is 0 Å². The molecule has 1 aromatic heterocycles. The van der Waals surface area contributed by atoms with E-state index in [1.54, 1.807) is 6.26 Å². The van der Waals surface area contributed by atoms with Crippen LogP contribution < -0.4 is 0 Å². The number of furan rings is 1. The number of aryl methyl sites for hydroxylation is 1. The molecule has 4 aromatic rings. The molecule has 1 atom stereocenters. The predicted molar refractivity (Wildman–Crippen MR) is 100 cm³/mol. The molecule has 1 aliphatic carbocycles. The van der Waals surface area contributed by atoms with Crippen LogP contribution in [-0.2, 0) is 12.8 Å². The van der Waals surface area contributed by atoms with Gasteiger partial charge in [0.15, 0.2) is 12.0 Å². The molecule has 1 heterocycles. The van der Waals surface area contributed by atoms with Crippen LogP contribution in [0.2, 0.25) is 0 Å². The molecule has 5 rings (SSSR count). The van der Waals surface area contributed by atoms with Crippen molar-refractivity contribution in [2.75, 3.05) is 0 Å². The number of hydrogen-bond donors (Lipinski definition) is 0. The van der Waals surface area contributed by atoms with Gasteiger partial charge >= 0.3 is 0 Å². The van der Waals surface area contributed by atoms with Crippen molar-refractivity contribution >= 4 is 27.8 Å². The highest BCUT2D eigenvalue weighted by molar-refractivity contribution is 6.08. The molecule has 0 spiro atoms. The van der Waals surface area contributed by atoms with Gasteiger partial charge in [-0.05, 0) is 63.9 Å². The molecule has 0 bridgehead atoms. The zero-order valence-corrected chi connectivity index (χ0v) is 13.9. The fraction of sp³-hybridized carbons (Fsp3) is 0.174. The third kappa shape index (κ3) is 2.21. The zero-order chi connectivity index (χ0) is 16.8. The molecule has 0 N–H and O–H groups in total. The monoisotopic (exact) mass is 326 g/mol. The number of rotatable bonds is 2. The van der Waals surface area contributed by atoms with Crippen molar-refractivity contribution in [2.24, 2.45) is 0 Å². The SMILES string of the molecule is O=Cc1occc1C1CCc2c(ccc3c2ccc2ccccc23)C1. The summed E-state index contributed by atoms with van der Waals surface area (Å²) in [6.45, 7) is 0. The van der Waals surface area contributed by atoms with E-state index >= 15 is 0 Å². The molecule has 0 fully saturated rings. The lowest BCUT2D eigenvalue weighted by Crippen LogP contribution is -2.13. The Labute approximate surface area is 146 Å². The van der Waals surface area contributed by atoms with Crippen LogP contribution in [0.5, 0.6) is 0 Å². The average molecular weight is 326 g/mol. The lowest BCUT2D eigenvalue weighted by atomic mass is 9.78. The largest absolute Gasteiger partial charge is 0.461 e. The maximum atomic E-state index is 11.2. The van der Waals surface area contributed by atoms with Crippen molar-refractivity contribution < 1.29 is 9.21 Å². The van der Waals surface area contributed by atoms with Gasteiger partial charge in [-0.2, -0.15) is 0 Å². The number of aldehydes is 1. The van der Waals surface area contributed by atoms with Gasteiger partial charge in [-0.25, -0.2) is 0 Å². The van der Waals surface area contributed by atoms with E-state index in [-0.39, 0.29) is 0 Å². The number of carbonyl (C=O) groups is 1. The van der Waals surface area contributed by atoms with Crippen LogP contribution in [0.3, 0.4) is 0 Å². The summed E-state index contributed by atoms with van der Waals surface area (Å²) in [5.74, 6) is 0.851. The highest BCUT2D eigenvalue weighted by Crippen LogP contribution is 2.38. The van der Waals surface area contributed by atoms with Gasteiger partial charge in [0.05, 0.1) is 6.26 Å². The fourth-order valence-electron chi connectivity index (χ4n) is 4.40. The summed E-state index contributed by atoms with van der Waals surface area (Å²) in [4.78, 5) is 11.2. The molecule has 1 unspecified atom stereocenters. The summed E-state index contributed by atoms with van der Waals surface area (Å²) in [5.41, 5.74) is 3.92. The van der Waals surface area contributed by atoms with Crippen LogP contribution in [0.15, 0.2) is 65.3 Å². The van der Waals surface area contributed by atoms with E-state index in [2.05, 4.69) is 48.5 Å². The summed E-state index contributed by atoms with van der Waals surface area (Å²) in [6, 6.07) is 19.6. The van der Waals surface area contributed by atoms with Crippen LogP contribution in [0.1, 0.15) is 39.6 Å². The molecule has 25 heavy (non-hydrogen) atoms. The van der Waals surface area contributed by atoms with Gasteiger partial charge < -0.3 is 4.42 Å². The number of benzene rings is 3. The highest BCUT2D eigenvalue weighted by Gasteiger charge is 2.24. The number of fused-ring (bicyclic) bond motifs is 5. The molecule has 0 radical (unpaired) electrons. The van der Waals surface area contributed by atoms with Crippen molar-refractivity contribution in [3.05, 3.63) is 83.3 Å². The molecule has 0 saturated carbocycles. The first-order valence-corrected chi connectivity index (χ1v) is 8.80. The first-order chi connectivity index (χ1) is 12.3. The third-order valence-corrected chi connectivity index (χ3v) is 5.62. The Bertz CT molecular complexity index is 1100.